The molecule has 11 heteroatoms. The molecule has 1 aromatic carbocycles. The molecule has 0 fully saturated rings. The first-order valence-electron chi connectivity index (χ1n) is 10.5. The zero-order chi connectivity index (χ0) is 24.0. The van der Waals surface area contributed by atoms with E-state index in [9.17, 15) is 24.0 Å². The highest BCUT2D eigenvalue weighted by Gasteiger charge is 2.19. The van der Waals surface area contributed by atoms with Crippen LogP contribution >= 0.6 is 0 Å². The minimum atomic E-state index is -1.21. The summed E-state index contributed by atoms with van der Waals surface area (Å²) < 4.78 is 10.9. The number of carboxylic acids is 1. The van der Waals surface area contributed by atoms with E-state index in [-0.39, 0.29) is 12.2 Å². The molecule has 0 spiro atoms. The minimum Gasteiger partial charge on any atom is -0.484 e. The summed E-state index contributed by atoms with van der Waals surface area (Å²) in [6.45, 7) is 0.0709. The Bertz CT molecular complexity index is 1140. The number of amides is 3. The first-order chi connectivity index (χ1) is 15.7. The molecule has 0 unspecified atom stereocenters. The van der Waals surface area contributed by atoms with E-state index in [1.165, 1.54) is 6.92 Å². The maximum atomic E-state index is 12.2. The molecule has 0 saturated heterocycles. The van der Waals surface area contributed by atoms with Crippen LogP contribution in [0.2, 0.25) is 0 Å². The quantitative estimate of drug-likeness (QED) is 0.377. The van der Waals surface area contributed by atoms with Crippen LogP contribution in [0.25, 0.3) is 11.0 Å². The number of aryl methyl sites for hydroxylation is 1. The van der Waals surface area contributed by atoms with Crippen LogP contribution in [-0.2, 0) is 32.0 Å². The maximum Gasteiger partial charge on any atom is 0.339 e. The van der Waals surface area contributed by atoms with Gasteiger partial charge in [0.1, 0.15) is 23.9 Å². The van der Waals surface area contributed by atoms with Crippen LogP contribution in [0.1, 0.15) is 30.9 Å². The van der Waals surface area contributed by atoms with Gasteiger partial charge in [0.25, 0.3) is 5.91 Å². The molecule has 0 aliphatic heterocycles. The molecule has 0 bridgehead atoms. The second kappa shape index (κ2) is 10.6. The van der Waals surface area contributed by atoms with Crippen LogP contribution in [0.4, 0.5) is 0 Å². The van der Waals surface area contributed by atoms with Crippen LogP contribution in [0, 0.1) is 0 Å². The highest BCUT2D eigenvalue weighted by molar-refractivity contribution is 5.91. The molecule has 176 valence electrons. The summed E-state index contributed by atoms with van der Waals surface area (Å²) in [6, 6.07) is 4.11. The molecular weight excluding hydrogens is 434 g/mol. The Hall–Kier alpha value is -3.89. The summed E-state index contributed by atoms with van der Waals surface area (Å²) in [7, 11) is 0. The predicted octanol–water partition coefficient (Wildman–Crippen LogP) is -0.128. The number of carboxylic acid groups (broad SMARTS) is 1. The summed E-state index contributed by atoms with van der Waals surface area (Å²) >= 11 is 0. The number of ether oxygens (including phenoxy) is 1. The number of hydrogen-bond acceptors (Lipinski definition) is 7. The monoisotopic (exact) mass is 459 g/mol. The summed E-state index contributed by atoms with van der Waals surface area (Å²) in [4.78, 5) is 58.2. The van der Waals surface area contributed by atoms with Crippen LogP contribution in [-0.4, -0.2) is 54.5 Å². The number of nitrogens with one attached hydrogen (secondary N) is 3. The highest BCUT2D eigenvalue weighted by atomic mass is 16.5. The van der Waals surface area contributed by atoms with E-state index in [0.717, 1.165) is 35.8 Å². The lowest BCUT2D eigenvalue weighted by atomic mass is 9.91. The van der Waals surface area contributed by atoms with E-state index in [2.05, 4.69) is 16.0 Å². The predicted molar refractivity (Wildman–Crippen MR) is 116 cm³/mol. The van der Waals surface area contributed by atoms with Gasteiger partial charge in [-0.1, -0.05) is 0 Å². The van der Waals surface area contributed by atoms with Gasteiger partial charge >= 0.3 is 11.6 Å². The van der Waals surface area contributed by atoms with E-state index in [1.807, 2.05) is 0 Å². The number of benzene rings is 1. The van der Waals surface area contributed by atoms with Crippen molar-refractivity contribution < 1.29 is 33.4 Å². The number of hydrogen-bond donors (Lipinski definition) is 4. The lowest BCUT2D eigenvalue weighted by Gasteiger charge is -2.16. The topological polar surface area (TPSA) is 164 Å². The molecule has 1 heterocycles. The summed E-state index contributed by atoms with van der Waals surface area (Å²) in [5.74, 6) is -2.73. The molecular formula is C22H25N3O8. The molecule has 3 amide bonds. The van der Waals surface area contributed by atoms with E-state index in [0.29, 0.717) is 17.8 Å². The molecule has 11 nitrogen and oxygen atoms in total. The van der Waals surface area contributed by atoms with E-state index >= 15 is 0 Å². The second-order valence-corrected chi connectivity index (χ2v) is 7.68. The zero-order valence-electron chi connectivity index (χ0n) is 18.1. The first kappa shape index (κ1) is 23.8. The molecule has 4 N–H and O–H groups in total. The molecule has 33 heavy (non-hydrogen) atoms. The highest BCUT2D eigenvalue weighted by Crippen LogP contribution is 2.29. The standard InChI is InChI=1S/C22H25N3O8/c1-12(21(30)24-9-18(26)23-10-20(28)29)25-19(27)11-32-13-6-7-15-14-4-2-3-5-16(14)22(31)33-17(15)8-13/h6-8,12H,2-5,9-11H2,1H3,(H,23,26)(H,24,30)(H,25,27)(H,28,29)/t12-/m0/s1. The van der Waals surface area contributed by atoms with Crippen LogP contribution in [0.5, 0.6) is 5.75 Å². The van der Waals surface area contributed by atoms with Crippen molar-refractivity contribution in [1.29, 1.82) is 0 Å². The van der Waals surface area contributed by atoms with Crippen molar-refractivity contribution in [2.75, 3.05) is 19.7 Å². The van der Waals surface area contributed by atoms with Crippen LogP contribution in [0.3, 0.4) is 0 Å². The van der Waals surface area contributed by atoms with Gasteiger partial charge in [-0.3, -0.25) is 19.2 Å². The number of aliphatic carboxylic acids is 1. The number of fused-ring (bicyclic) bond motifs is 3. The smallest absolute Gasteiger partial charge is 0.339 e. The normalized spacial score (nSPS) is 13.5. The van der Waals surface area contributed by atoms with Crippen molar-refractivity contribution in [3.05, 3.63) is 39.7 Å². The van der Waals surface area contributed by atoms with Gasteiger partial charge in [0.15, 0.2) is 6.61 Å². The zero-order valence-corrected chi connectivity index (χ0v) is 18.1. The number of carbonyl (C=O) groups excluding carboxylic acids is 3. The molecule has 0 saturated carbocycles. The van der Waals surface area contributed by atoms with Gasteiger partial charge in [-0.15, -0.1) is 0 Å². The second-order valence-electron chi connectivity index (χ2n) is 7.68. The molecule has 1 aliphatic carbocycles. The summed E-state index contributed by atoms with van der Waals surface area (Å²) in [5, 5.41) is 16.2. The number of rotatable bonds is 9. The Kier molecular flexibility index (Phi) is 7.65. The van der Waals surface area contributed by atoms with Gasteiger partial charge in [0.05, 0.1) is 6.54 Å². The van der Waals surface area contributed by atoms with Gasteiger partial charge in [-0.2, -0.15) is 0 Å². The van der Waals surface area contributed by atoms with Crippen LogP contribution < -0.4 is 26.3 Å². The summed E-state index contributed by atoms with van der Waals surface area (Å²) in [5.41, 5.74) is 1.79. The third-order valence-corrected chi connectivity index (χ3v) is 5.20. The molecule has 1 aromatic heterocycles. The Morgan fingerprint density at radius 3 is 2.52 bits per heavy atom. The maximum absolute atomic E-state index is 12.2. The van der Waals surface area contributed by atoms with Gasteiger partial charge in [0, 0.05) is 17.0 Å². The van der Waals surface area contributed by atoms with Crippen molar-refractivity contribution in [3.8, 4) is 5.75 Å². The lowest BCUT2D eigenvalue weighted by Crippen LogP contribution is -2.48. The van der Waals surface area contributed by atoms with Crippen molar-refractivity contribution in [3.63, 3.8) is 0 Å². The fourth-order valence-electron chi connectivity index (χ4n) is 3.57. The first-order valence-corrected chi connectivity index (χ1v) is 10.5. The van der Waals surface area contributed by atoms with Gasteiger partial charge in [0.2, 0.25) is 11.8 Å². The molecule has 0 radical (unpaired) electrons. The Morgan fingerprint density at radius 2 is 1.79 bits per heavy atom. The van der Waals surface area contributed by atoms with Crippen molar-refractivity contribution in [2.45, 2.75) is 38.6 Å². The van der Waals surface area contributed by atoms with Crippen LogP contribution in [0.15, 0.2) is 27.4 Å². The molecule has 2 aromatic rings. The number of carbonyl (C=O) groups is 4. The van der Waals surface area contributed by atoms with E-state index in [1.54, 1.807) is 18.2 Å². The van der Waals surface area contributed by atoms with Gasteiger partial charge < -0.3 is 30.2 Å². The van der Waals surface area contributed by atoms with E-state index < -0.39 is 42.8 Å². The lowest BCUT2D eigenvalue weighted by molar-refractivity contribution is -0.138. The minimum absolute atomic E-state index is 0.337. The Labute approximate surface area is 188 Å². The van der Waals surface area contributed by atoms with E-state index in [4.69, 9.17) is 14.3 Å². The molecule has 1 atom stereocenters. The van der Waals surface area contributed by atoms with Crippen molar-refractivity contribution in [1.82, 2.24) is 16.0 Å². The van der Waals surface area contributed by atoms with Gasteiger partial charge in [-0.25, -0.2) is 4.79 Å². The molecule has 1 aliphatic rings. The molecule has 3 rings (SSSR count). The van der Waals surface area contributed by atoms with Gasteiger partial charge in [-0.05, 0) is 50.3 Å². The third-order valence-electron chi connectivity index (χ3n) is 5.20. The third kappa shape index (κ3) is 6.31. The average molecular weight is 459 g/mol. The van der Waals surface area contributed by atoms with Crippen molar-refractivity contribution >= 4 is 34.7 Å². The Morgan fingerprint density at radius 1 is 1.06 bits per heavy atom. The Balaban J connectivity index is 1.51. The average Bonchev–Trinajstić information content (AvgIpc) is 2.79. The largest absolute Gasteiger partial charge is 0.484 e. The SMILES string of the molecule is C[C@H](NC(=O)COc1ccc2c3c(c(=O)oc2c1)CCCC3)C(=O)NCC(=O)NCC(=O)O. The fraction of sp³-hybridized carbons (Fsp3) is 0.409. The summed E-state index contributed by atoms with van der Waals surface area (Å²) in [6.07, 6.45) is 3.52. The fourth-order valence-corrected chi connectivity index (χ4v) is 3.57. The van der Waals surface area contributed by atoms with Crippen molar-refractivity contribution in [2.24, 2.45) is 0 Å².